The topological polar surface area (TPSA) is 55.4 Å². The van der Waals surface area contributed by atoms with E-state index >= 15 is 0 Å². The fraction of sp³-hybridized carbons (Fsp3) is 0.111. The van der Waals surface area contributed by atoms with Crippen LogP contribution in [0.25, 0.3) is 10.8 Å². The summed E-state index contributed by atoms with van der Waals surface area (Å²) in [5, 5.41) is 2.12. The summed E-state index contributed by atoms with van der Waals surface area (Å²) in [6.07, 6.45) is 0. The Bertz CT molecular complexity index is 986. The van der Waals surface area contributed by atoms with Crippen molar-refractivity contribution < 1.29 is 17.5 Å². The summed E-state index contributed by atoms with van der Waals surface area (Å²) in [6.45, 7) is 0.126. The molecule has 24 heavy (non-hydrogen) atoms. The number of hydrogen-bond acceptors (Lipinski definition) is 3. The van der Waals surface area contributed by atoms with Crippen molar-refractivity contribution in [1.29, 1.82) is 0 Å². The quantitative estimate of drug-likeness (QED) is 0.770. The highest BCUT2D eigenvalue weighted by Crippen LogP contribution is 2.21. The predicted molar refractivity (Wildman–Crippen MR) is 90.9 cm³/mol. The largest absolute Gasteiger partial charge is 0.494 e. The van der Waals surface area contributed by atoms with Crippen LogP contribution in [0.3, 0.4) is 0 Å². The van der Waals surface area contributed by atoms with Crippen molar-refractivity contribution in [2.75, 3.05) is 7.11 Å². The molecule has 3 rings (SSSR count). The van der Waals surface area contributed by atoms with E-state index < -0.39 is 15.8 Å². The van der Waals surface area contributed by atoms with Gasteiger partial charge in [-0.1, -0.05) is 36.4 Å². The lowest BCUT2D eigenvalue weighted by molar-refractivity contribution is 0.385. The van der Waals surface area contributed by atoms with E-state index in [4.69, 9.17) is 4.74 Å². The van der Waals surface area contributed by atoms with Gasteiger partial charge in [-0.25, -0.2) is 17.5 Å². The van der Waals surface area contributed by atoms with Gasteiger partial charge in [0.25, 0.3) is 0 Å². The van der Waals surface area contributed by atoms with E-state index in [0.717, 1.165) is 22.4 Å². The monoisotopic (exact) mass is 345 g/mol. The molecule has 0 fully saturated rings. The standard InChI is InChI=1S/C18H16FNO3S/c1-23-18-9-8-16(11-17(18)19)24(21,22)20-12-13-6-7-14-4-2-3-5-15(14)10-13/h2-11,20H,12H2,1H3. The van der Waals surface area contributed by atoms with Gasteiger partial charge in [0.05, 0.1) is 12.0 Å². The molecular formula is C18H16FNO3S. The van der Waals surface area contributed by atoms with Crippen LogP contribution in [0.2, 0.25) is 0 Å². The van der Waals surface area contributed by atoms with Crippen LogP contribution in [0.4, 0.5) is 4.39 Å². The van der Waals surface area contributed by atoms with Gasteiger partial charge in [0.2, 0.25) is 10.0 Å². The van der Waals surface area contributed by atoms with Gasteiger partial charge < -0.3 is 4.74 Å². The first kappa shape index (κ1) is 16.4. The highest BCUT2D eigenvalue weighted by Gasteiger charge is 2.16. The highest BCUT2D eigenvalue weighted by atomic mass is 32.2. The normalized spacial score (nSPS) is 11.6. The highest BCUT2D eigenvalue weighted by molar-refractivity contribution is 7.89. The minimum atomic E-state index is -3.80. The lowest BCUT2D eigenvalue weighted by Crippen LogP contribution is -2.23. The molecule has 0 atom stereocenters. The average Bonchev–Trinajstić information content (AvgIpc) is 2.60. The van der Waals surface area contributed by atoms with Gasteiger partial charge in [0.15, 0.2) is 11.6 Å². The Hall–Kier alpha value is -2.44. The van der Waals surface area contributed by atoms with Crippen molar-refractivity contribution in [3.8, 4) is 5.75 Å². The van der Waals surface area contributed by atoms with E-state index in [2.05, 4.69) is 4.72 Å². The second kappa shape index (κ2) is 6.59. The maximum absolute atomic E-state index is 13.7. The zero-order valence-corrected chi connectivity index (χ0v) is 13.8. The molecule has 124 valence electrons. The van der Waals surface area contributed by atoms with Gasteiger partial charge in [0.1, 0.15) is 0 Å². The first-order chi connectivity index (χ1) is 11.5. The Morgan fingerprint density at radius 3 is 2.46 bits per heavy atom. The molecule has 0 saturated carbocycles. The van der Waals surface area contributed by atoms with E-state index in [1.165, 1.54) is 19.2 Å². The molecule has 0 bridgehead atoms. The second-order valence-electron chi connectivity index (χ2n) is 5.30. The first-order valence-corrected chi connectivity index (χ1v) is 8.79. The molecule has 0 amide bonds. The van der Waals surface area contributed by atoms with Crippen LogP contribution < -0.4 is 9.46 Å². The number of methoxy groups -OCH3 is 1. The third kappa shape index (κ3) is 3.39. The smallest absolute Gasteiger partial charge is 0.240 e. The lowest BCUT2D eigenvalue weighted by Gasteiger charge is -2.09. The zero-order chi connectivity index (χ0) is 17.2. The average molecular weight is 345 g/mol. The van der Waals surface area contributed by atoms with Crippen molar-refractivity contribution in [1.82, 2.24) is 4.72 Å². The van der Waals surface area contributed by atoms with Gasteiger partial charge in [0, 0.05) is 6.54 Å². The summed E-state index contributed by atoms with van der Waals surface area (Å²) >= 11 is 0. The number of halogens is 1. The number of hydrogen-bond donors (Lipinski definition) is 1. The Morgan fingerprint density at radius 2 is 1.75 bits per heavy atom. The molecule has 0 unspecified atom stereocenters. The number of sulfonamides is 1. The van der Waals surface area contributed by atoms with Gasteiger partial charge >= 0.3 is 0 Å². The van der Waals surface area contributed by atoms with E-state index in [-0.39, 0.29) is 17.2 Å². The molecule has 0 aliphatic carbocycles. The second-order valence-corrected chi connectivity index (χ2v) is 7.07. The summed E-state index contributed by atoms with van der Waals surface area (Å²) in [5.74, 6) is -0.713. The molecular weight excluding hydrogens is 329 g/mol. The summed E-state index contributed by atoms with van der Waals surface area (Å²) in [6, 6.07) is 17.1. The number of fused-ring (bicyclic) bond motifs is 1. The molecule has 4 nitrogen and oxygen atoms in total. The maximum atomic E-state index is 13.7. The van der Waals surface area contributed by atoms with Gasteiger partial charge in [-0.05, 0) is 40.6 Å². The predicted octanol–water partition coefficient (Wildman–Crippen LogP) is 3.47. The molecule has 0 aliphatic rings. The van der Waals surface area contributed by atoms with Crippen molar-refractivity contribution in [3.05, 3.63) is 72.0 Å². The van der Waals surface area contributed by atoms with Gasteiger partial charge in [-0.15, -0.1) is 0 Å². The van der Waals surface area contributed by atoms with Crippen LogP contribution in [0, 0.1) is 5.82 Å². The van der Waals surface area contributed by atoms with Crippen molar-refractivity contribution in [3.63, 3.8) is 0 Å². The van der Waals surface area contributed by atoms with Crippen LogP contribution in [0.5, 0.6) is 5.75 Å². The lowest BCUT2D eigenvalue weighted by atomic mass is 10.1. The first-order valence-electron chi connectivity index (χ1n) is 7.30. The fourth-order valence-corrected chi connectivity index (χ4v) is 3.45. The van der Waals surface area contributed by atoms with Crippen molar-refractivity contribution in [2.24, 2.45) is 0 Å². The van der Waals surface area contributed by atoms with Crippen LogP contribution >= 0.6 is 0 Å². The number of rotatable bonds is 5. The number of nitrogens with one attached hydrogen (secondary N) is 1. The van der Waals surface area contributed by atoms with E-state index in [0.29, 0.717) is 0 Å². The van der Waals surface area contributed by atoms with E-state index in [9.17, 15) is 12.8 Å². The SMILES string of the molecule is COc1ccc(S(=O)(=O)NCc2ccc3ccccc3c2)cc1F. The van der Waals surface area contributed by atoms with Crippen LogP contribution in [-0.2, 0) is 16.6 Å². The summed E-state index contributed by atoms with van der Waals surface area (Å²) in [5.41, 5.74) is 0.825. The van der Waals surface area contributed by atoms with Crippen LogP contribution in [0.1, 0.15) is 5.56 Å². The minimum Gasteiger partial charge on any atom is -0.494 e. The molecule has 1 N–H and O–H groups in total. The van der Waals surface area contributed by atoms with Gasteiger partial charge in [-0.2, -0.15) is 0 Å². The minimum absolute atomic E-state index is 0.00322. The zero-order valence-electron chi connectivity index (χ0n) is 13.0. The molecule has 0 heterocycles. The molecule has 0 aliphatic heterocycles. The number of benzene rings is 3. The van der Waals surface area contributed by atoms with Crippen LogP contribution in [0.15, 0.2) is 65.6 Å². The molecule has 0 spiro atoms. The third-order valence-electron chi connectivity index (χ3n) is 3.71. The van der Waals surface area contributed by atoms with Crippen LogP contribution in [-0.4, -0.2) is 15.5 Å². The van der Waals surface area contributed by atoms with E-state index in [1.807, 2.05) is 42.5 Å². The van der Waals surface area contributed by atoms with Gasteiger partial charge in [-0.3, -0.25) is 0 Å². The Labute approximate surface area is 139 Å². The Kier molecular flexibility index (Phi) is 4.51. The molecule has 6 heteroatoms. The Morgan fingerprint density at radius 1 is 1.00 bits per heavy atom. The molecule has 3 aromatic rings. The summed E-state index contributed by atoms with van der Waals surface area (Å²) in [4.78, 5) is -0.137. The van der Waals surface area contributed by atoms with Crippen molar-refractivity contribution in [2.45, 2.75) is 11.4 Å². The maximum Gasteiger partial charge on any atom is 0.240 e. The summed E-state index contributed by atoms with van der Waals surface area (Å²) < 4.78 is 45.6. The molecule has 3 aromatic carbocycles. The molecule has 0 aromatic heterocycles. The van der Waals surface area contributed by atoms with E-state index in [1.54, 1.807) is 0 Å². The Balaban J connectivity index is 1.80. The molecule has 0 radical (unpaired) electrons. The molecule has 0 saturated heterocycles. The van der Waals surface area contributed by atoms with Crippen molar-refractivity contribution >= 4 is 20.8 Å². The fourth-order valence-electron chi connectivity index (χ4n) is 2.42. The third-order valence-corrected chi connectivity index (χ3v) is 5.11. The summed E-state index contributed by atoms with van der Waals surface area (Å²) in [7, 11) is -2.48. The number of ether oxygens (including phenoxy) is 1.